The van der Waals surface area contributed by atoms with Crippen LogP contribution in [0.25, 0.3) is 0 Å². The van der Waals surface area contributed by atoms with Crippen molar-refractivity contribution in [1.82, 2.24) is 0 Å². The molecule has 0 saturated heterocycles. The molecule has 0 aliphatic rings. The van der Waals surface area contributed by atoms with E-state index in [1.165, 1.54) is 19.3 Å². The van der Waals surface area contributed by atoms with Crippen LogP contribution < -0.4 is 0 Å². The molecular formula is C20H38O3Si. The zero-order chi connectivity index (χ0) is 18.5. The summed E-state index contributed by atoms with van der Waals surface area (Å²) in [6, 6.07) is 0. The molecule has 0 aromatic carbocycles. The van der Waals surface area contributed by atoms with Gasteiger partial charge in [0.1, 0.15) is 5.94 Å². The Bertz CT molecular complexity index is 390. The normalized spacial score (nSPS) is 13.9. The molecule has 1 N–H and O–H groups in total. The van der Waals surface area contributed by atoms with Crippen molar-refractivity contribution in [1.29, 1.82) is 0 Å². The number of hydrogen-bond acceptors (Lipinski definition) is 3. The van der Waals surface area contributed by atoms with Crippen LogP contribution in [0.4, 0.5) is 0 Å². The van der Waals surface area contributed by atoms with Crippen molar-refractivity contribution >= 4 is 14.3 Å². The number of rotatable bonds is 13. The van der Waals surface area contributed by atoms with Gasteiger partial charge in [-0.2, -0.15) is 0 Å². The van der Waals surface area contributed by atoms with Crippen LogP contribution in [0.1, 0.15) is 72.1 Å². The zero-order valence-corrected chi connectivity index (χ0v) is 17.4. The van der Waals surface area contributed by atoms with Gasteiger partial charge in [0.05, 0.1) is 6.10 Å². The summed E-state index contributed by atoms with van der Waals surface area (Å²) in [6.07, 6.45) is 14.4. The summed E-state index contributed by atoms with van der Waals surface area (Å²) in [5, 5.41) is 8.85. The third kappa shape index (κ3) is 11.0. The first-order chi connectivity index (χ1) is 11.2. The highest BCUT2D eigenvalue weighted by Crippen LogP contribution is 2.37. The Labute approximate surface area is 150 Å². The molecular weight excluding hydrogens is 316 g/mol. The molecule has 0 bridgehead atoms. The van der Waals surface area contributed by atoms with E-state index in [9.17, 15) is 4.79 Å². The maximum absolute atomic E-state index is 10.8. The third-order valence-corrected chi connectivity index (χ3v) is 9.32. The van der Waals surface area contributed by atoms with Crippen LogP contribution in [-0.2, 0) is 9.22 Å². The number of aliphatic hydroxyl groups excluding tert-OH is 1. The SMILES string of the molecule is CC(C)(C)[Si](C)(C)OC(C=C=O)CCCCCC/C=C\CCCO. The number of carbonyl (C=O) groups excluding carboxylic acids is 1. The topological polar surface area (TPSA) is 46.5 Å². The number of aliphatic hydroxyl groups is 1. The molecule has 0 aromatic heterocycles. The fraction of sp³-hybridized carbons (Fsp3) is 0.800. The predicted octanol–water partition coefficient (Wildman–Crippen LogP) is 5.43. The second-order valence-electron chi connectivity index (χ2n) is 8.03. The first-order valence-electron chi connectivity index (χ1n) is 9.39. The molecule has 0 aliphatic carbocycles. The highest BCUT2D eigenvalue weighted by Gasteiger charge is 2.38. The molecule has 0 fully saturated rings. The highest BCUT2D eigenvalue weighted by molar-refractivity contribution is 6.74. The van der Waals surface area contributed by atoms with Crippen LogP contribution in [0.3, 0.4) is 0 Å². The molecule has 1 atom stereocenters. The van der Waals surface area contributed by atoms with Crippen molar-refractivity contribution in [3.63, 3.8) is 0 Å². The van der Waals surface area contributed by atoms with E-state index in [0.29, 0.717) is 0 Å². The van der Waals surface area contributed by atoms with Crippen molar-refractivity contribution < 1.29 is 14.3 Å². The monoisotopic (exact) mass is 354 g/mol. The average Bonchev–Trinajstić information content (AvgIpc) is 2.47. The molecule has 0 radical (unpaired) electrons. The molecule has 0 spiro atoms. The Hall–Kier alpha value is -0.673. The maximum atomic E-state index is 10.8. The van der Waals surface area contributed by atoms with Gasteiger partial charge in [-0.25, -0.2) is 4.79 Å². The van der Waals surface area contributed by atoms with Gasteiger partial charge in [0.15, 0.2) is 8.32 Å². The summed E-state index contributed by atoms with van der Waals surface area (Å²) in [5.74, 6) is 1.92. The molecule has 140 valence electrons. The Balaban J connectivity index is 3.99. The lowest BCUT2D eigenvalue weighted by molar-refractivity contribution is 0.211. The van der Waals surface area contributed by atoms with Gasteiger partial charge >= 0.3 is 0 Å². The van der Waals surface area contributed by atoms with Gasteiger partial charge in [0.25, 0.3) is 0 Å². The predicted molar refractivity (Wildman–Crippen MR) is 105 cm³/mol. The second kappa shape index (κ2) is 12.7. The third-order valence-electron chi connectivity index (χ3n) is 4.81. The summed E-state index contributed by atoms with van der Waals surface area (Å²) in [4.78, 5) is 10.8. The van der Waals surface area contributed by atoms with Crippen molar-refractivity contribution in [2.75, 3.05) is 6.61 Å². The molecule has 0 amide bonds. The van der Waals surface area contributed by atoms with Gasteiger partial charge in [0.2, 0.25) is 0 Å². The van der Waals surface area contributed by atoms with E-state index in [1.807, 2.05) is 5.94 Å². The van der Waals surface area contributed by atoms with E-state index >= 15 is 0 Å². The first kappa shape index (κ1) is 23.3. The summed E-state index contributed by atoms with van der Waals surface area (Å²) >= 11 is 0. The lowest BCUT2D eigenvalue weighted by Crippen LogP contribution is -2.43. The summed E-state index contributed by atoms with van der Waals surface area (Å²) in [7, 11) is -1.84. The van der Waals surface area contributed by atoms with Crippen molar-refractivity contribution in [2.45, 2.75) is 96.4 Å². The highest BCUT2D eigenvalue weighted by atomic mass is 28.4. The minimum absolute atomic E-state index is 0.0817. The average molecular weight is 355 g/mol. The largest absolute Gasteiger partial charge is 0.410 e. The van der Waals surface area contributed by atoms with Crippen LogP contribution in [0.15, 0.2) is 18.2 Å². The van der Waals surface area contributed by atoms with E-state index in [0.717, 1.165) is 32.1 Å². The number of unbranched alkanes of at least 4 members (excludes halogenated alkanes) is 5. The minimum atomic E-state index is -1.84. The van der Waals surface area contributed by atoms with E-state index < -0.39 is 8.32 Å². The Morgan fingerprint density at radius 1 is 1.04 bits per heavy atom. The first-order valence-corrected chi connectivity index (χ1v) is 12.3. The maximum Gasteiger partial charge on any atom is 0.192 e. The molecule has 3 nitrogen and oxygen atoms in total. The van der Waals surface area contributed by atoms with Crippen molar-refractivity contribution in [3.05, 3.63) is 18.2 Å². The Kier molecular flexibility index (Phi) is 12.3. The van der Waals surface area contributed by atoms with Crippen molar-refractivity contribution in [2.24, 2.45) is 0 Å². The van der Waals surface area contributed by atoms with Crippen LogP contribution >= 0.6 is 0 Å². The molecule has 24 heavy (non-hydrogen) atoms. The molecule has 0 saturated carbocycles. The van der Waals surface area contributed by atoms with E-state index in [-0.39, 0.29) is 17.7 Å². The van der Waals surface area contributed by atoms with Crippen molar-refractivity contribution in [3.8, 4) is 0 Å². The number of allylic oxidation sites excluding steroid dienone is 2. The van der Waals surface area contributed by atoms with Crippen LogP contribution in [0, 0.1) is 0 Å². The fourth-order valence-electron chi connectivity index (χ4n) is 2.21. The molecule has 0 aromatic rings. The van der Waals surface area contributed by atoms with E-state index in [1.54, 1.807) is 6.08 Å². The van der Waals surface area contributed by atoms with Gasteiger partial charge < -0.3 is 9.53 Å². The van der Waals surface area contributed by atoms with E-state index in [2.05, 4.69) is 46.0 Å². The summed E-state index contributed by atoms with van der Waals surface area (Å²) < 4.78 is 6.31. The van der Waals surface area contributed by atoms with Gasteiger partial charge in [-0.05, 0) is 50.2 Å². The fourth-order valence-corrected chi connectivity index (χ4v) is 3.51. The molecule has 0 rings (SSSR count). The summed E-state index contributed by atoms with van der Waals surface area (Å²) in [6.45, 7) is 11.4. The van der Waals surface area contributed by atoms with Gasteiger partial charge in [-0.3, -0.25) is 0 Å². The lowest BCUT2D eigenvalue weighted by Gasteiger charge is -2.38. The Morgan fingerprint density at radius 2 is 1.62 bits per heavy atom. The van der Waals surface area contributed by atoms with Gasteiger partial charge in [-0.1, -0.05) is 52.2 Å². The molecule has 4 heteroatoms. The van der Waals surface area contributed by atoms with Crippen LogP contribution in [-0.4, -0.2) is 32.1 Å². The zero-order valence-electron chi connectivity index (χ0n) is 16.4. The van der Waals surface area contributed by atoms with Gasteiger partial charge in [-0.15, -0.1) is 0 Å². The van der Waals surface area contributed by atoms with Crippen LogP contribution in [0.2, 0.25) is 18.1 Å². The lowest BCUT2D eigenvalue weighted by atomic mass is 10.1. The summed E-state index contributed by atoms with van der Waals surface area (Å²) in [5.41, 5.74) is 0. The van der Waals surface area contributed by atoms with Crippen LogP contribution in [0.5, 0.6) is 0 Å². The van der Waals surface area contributed by atoms with E-state index in [4.69, 9.17) is 9.53 Å². The minimum Gasteiger partial charge on any atom is -0.410 e. The second-order valence-corrected chi connectivity index (χ2v) is 12.8. The molecule has 0 heterocycles. The Morgan fingerprint density at radius 3 is 2.17 bits per heavy atom. The smallest absolute Gasteiger partial charge is 0.192 e. The van der Waals surface area contributed by atoms with Gasteiger partial charge in [0, 0.05) is 12.7 Å². The molecule has 0 aliphatic heterocycles. The number of hydrogen-bond donors (Lipinski definition) is 1. The molecule has 1 unspecified atom stereocenters. The standard InChI is InChI=1S/C20H38O3Si/c1-20(2,3)24(4,5)23-19(16-18-22)15-13-11-9-7-6-8-10-12-14-17-21/h8,10,16,19,21H,6-7,9,11-15,17H2,1-5H3/b10-8-. The quantitative estimate of drug-likeness (QED) is 0.207.